The van der Waals surface area contributed by atoms with E-state index in [4.69, 9.17) is 28.9 Å². The van der Waals surface area contributed by atoms with E-state index < -0.39 is 10.0 Å². The fourth-order valence-corrected chi connectivity index (χ4v) is 3.23. The molecule has 0 radical (unpaired) electrons. The number of anilines is 1. The van der Waals surface area contributed by atoms with Crippen LogP contribution in [0.5, 0.6) is 0 Å². The van der Waals surface area contributed by atoms with Crippen molar-refractivity contribution < 1.29 is 8.42 Å². The molecule has 3 N–H and O–H groups in total. The second kappa shape index (κ2) is 6.07. The van der Waals surface area contributed by atoms with Gasteiger partial charge in [0, 0.05) is 12.1 Å². The Bertz CT molecular complexity index is 601. The first-order valence-corrected chi connectivity index (χ1v) is 8.13. The number of hydrogen-bond acceptors (Lipinski definition) is 4. The summed E-state index contributed by atoms with van der Waals surface area (Å²) in [7, 11) is 0.00891. The Morgan fingerprint density at radius 2 is 1.85 bits per heavy atom. The Kier molecular flexibility index (Phi) is 5.32. The standard InChI is InChI=1S/C12H19Cl2N3O2S/c1-12(2,17(3)4)7-16-20(18,19)9-6-5-8(13)11(15)10(9)14/h5-6,16H,7,15H2,1-4H3. The Morgan fingerprint density at radius 3 is 2.35 bits per heavy atom. The van der Waals surface area contributed by atoms with Crippen molar-refractivity contribution in [3.63, 3.8) is 0 Å². The molecule has 0 bridgehead atoms. The molecule has 0 saturated carbocycles. The maximum atomic E-state index is 12.3. The minimum atomic E-state index is -3.74. The topological polar surface area (TPSA) is 75.4 Å². The number of hydrogen-bond donors (Lipinski definition) is 2. The first kappa shape index (κ1) is 17.5. The second-order valence-corrected chi connectivity index (χ2v) is 7.83. The highest BCUT2D eigenvalue weighted by atomic mass is 35.5. The molecule has 114 valence electrons. The molecule has 0 heterocycles. The zero-order valence-corrected chi connectivity index (χ0v) is 14.2. The van der Waals surface area contributed by atoms with E-state index in [1.807, 2.05) is 32.8 Å². The number of nitrogen functional groups attached to an aromatic ring is 1. The third-order valence-corrected chi connectivity index (χ3v) is 5.58. The van der Waals surface area contributed by atoms with Gasteiger partial charge in [0.25, 0.3) is 0 Å². The van der Waals surface area contributed by atoms with Crippen LogP contribution in [0.15, 0.2) is 17.0 Å². The molecule has 0 fully saturated rings. The van der Waals surface area contributed by atoms with Crippen molar-refractivity contribution in [3.05, 3.63) is 22.2 Å². The average Bonchev–Trinajstić information content (AvgIpc) is 2.33. The van der Waals surface area contributed by atoms with E-state index in [9.17, 15) is 8.42 Å². The molecule has 0 aliphatic carbocycles. The summed E-state index contributed by atoms with van der Waals surface area (Å²) >= 11 is 11.8. The van der Waals surface area contributed by atoms with E-state index in [-0.39, 0.29) is 32.7 Å². The van der Waals surface area contributed by atoms with Crippen LogP contribution in [0.2, 0.25) is 10.0 Å². The van der Waals surface area contributed by atoms with Gasteiger partial charge in [-0.25, -0.2) is 13.1 Å². The lowest BCUT2D eigenvalue weighted by atomic mass is 10.1. The van der Waals surface area contributed by atoms with Crippen LogP contribution in [0.3, 0.4) is 0 Å². The van der Waals surface area contributed by atoms with Crippen LogP contribution in [-0.2, 0) is 10.0 Å². The first-order valence-electron chi connectivity index (χ1n) is 5.89. The number of nitrogens with one attached hydrogen (secondary N) is 1. The molecule has 0 spiro atoms. The van der Waals surface area contributed by atoms with Crippen LogP contribution in [0.1, 0.15) is 13.8 Å². The Balaban J connectivity index is 3.05. The van der Waals surface area contributed by atoms with Crippen molar-refractivity contribution in [3.8, 4) is 0 Å². The molecule has 0 saturated heterocycles. The lowest BCUT2D eigenvalue weighted by Crippen LogP contribution is -2.48. The molecule has 0 aromatic heterocycles. The first-order chi connectivity index (χ1) is 8.99. The van der Waals surface area contributed by atoms with Crippen molar-refractivity contribution >= 4 is 38.9 Å². The fourth-order valence-electron chi connectivity index (χ4n) is 1.26. The fraction of sp³-hybridized carbons (Fsp3) is 0.500. The van der Waals surface area contributed by atoms with Gasteiger partial charge >= 0.3 is 0 Å². The molecule has 1 rings (SSSR count). The van der Waals surface area contributed by atoms with Gasteiger partial charge in [-0.15, -0.1) is 0 Å². The van der Waals surface area contributed by atoms with Crippen LogP contribution in [0.4, 0.5) is 5.69 Å². The van der Waals surface area contributed by atoms with Gasteiger partial charge in [-0.2, -0.15) is 0 Å². The zero-order chi connectivity index (χ0) is 15.7. The van der Waals surface area contributed by atoms with Gasteiger partial charge < -0.3 is 10.6 Å². The SMILES string of the molecule is CN(C)C(C)(C)CNS(=O)(=O)c1ccc(Cl)c(N)c1Cl. The van der Waals surface area contributed by atoms with Crippen LogP contribution < -0.4 is 10.5 Å². The van der Waals surface area contributed by atoms with Crippen LogP contribution in [0, 0.1) is 0 Å². The van der Waals surface area contributed by atoms with E-state index in [2.05, 4.69) is 4.72 Å². The molecule has 1 aromatic carbocycles. The van der Waals surface area contributed by atoms with Crippen molar-refractivity contribution in [2.75, 3.05) is 26.4 Å². The smallest absolute Gasteiger partial charge is 0.242 e. The van der Waals surface area contributed by atoms with Crippen LogP contribution >= 0.6 is 23.2 Å². The van der Waals surface area contributed by atoms with E-state index in [0.29, 0.717) is 0 Å². The summed E-state index contributed by atoms with van der Waals surface area (Å²) in [5.41, 5.74) is 5.37. The third kappa shape index (κ3) is 3.77. The Labute approximate surface area is 130 Å². The van der Waals surface area contributed by atoms with Gasteiger partial charge in [0.15, 0.2) is 0 Å². The summed E-state index contributed by atoms with van der Waals surface area (Å²) in [4.78, 5) is 1.85. The molecular formula is C12H19Cl2N3O2S. The molecule has 20 heavy (non-hydrogen) atoms. The predicted molar refractivity (Wildman–Crippen MR) is 83.8 cm³/mol. The highest BCUT2D eigenvalue weighted by Crippen LogP contribution is 2.33. The lowest BCUT2D eigenvalue weighted by Gasteiger charge is -2.32. The number of halogens is 2. The van der Waals surface area contributed by atoms with Crippen molar-refractivity contribution in [2.24, 2.45) is 0 Å². The van der Waals surface area contributed by atoms with Crippen LogP contribution in [0.25, 0.3) is 0 Å². The molecular weight excluding hydrogens is 321 g/mol. The molecule has 1 aromatic rings. The van der Waals surface area contributed by atoms with Gasteiger partial charge in [0.2, 0.25) is 10.0 Å². The normalized spacial score (nSPS) is 12.9. The number of nitrogens with two attached hydrogens (primary N) is 1. The van der Waals surface area contributed by atoms with Gasteiger partial charge in [-0.3, -0.25) is 0 Å². The Morgan fingerprint density at radius 1 is 1.30 bits per heavy atom. The van der Waals surface area contributed by atoms with Gasteiger partial charge in [-0.05, 0) is 40.1 Å². The van der Waals surface area contributed by atoms with Gasteiger partial charge in [-0.1, -0.05) is 23.2 Å². The summed E-state index contributed by atoms with van der Waals surface area (Å²) in [6.07, 6.45) is 0. The summed E-state index contributed by atoms with van der Waals surface area (Å²) in [5.74, 6) is 0. The summed E-state index contributed by atoms with van der Waals surface area (Å²) < 4.78 is 27.1. The molecule has 8 heteroatoms. The molecule has 0 aliphatic rings. The number of nitrogens with zero attached hydrogens (tertiary/aromatic N) is 1. The molecule has 0 amide bonds. The van der Waals surface area contributed by atoms with Crippen molar-refractivity contribution in [1.82, 2.24) is 9.62 Å². The minimum Gasteiger partial charge on any atom is -0.396 e. The van der Waals surface area contributed by atoms with E-state index >= 15 is 0 Å². The maximum Gasteiger partial charge on any atom is 0.242 e. The van der Waals surface area contributed by atoms with Crippen molar-refractivity contribution in [2.45, 2.75) is 24.3 Å². The summed E-state index contributed by atoms with van der Waals surface area (Å²) in [6, 6.07) is 2.75. The molecule has 0 atom stereocenters. The zero-order valence-electron chi connectivity index (χ0n) is 11.9. The highest BCUT2D eigenvalue weighted by molar-refractivity contribution is 7.89. The number of likely N-dealkylation sites (N-methyl/N-ethyl adjacent to an activating group) is 1. The monoisotopic (exact) mass is 339 g/mol. The predicted octanol–water partition coefficient (Wildman–Crippen LogP) is 2.19. The van der Waals surface area contributed by atoms with Gasteiger partial charge in [0.05, 0.1) is 15.7 Å². The molecule has 0 unspecified atom stereocenters. The highest BCUT2D eigenvalue weighted by Gasteiger charge is 2.26. The van der Waals surface area contributed by atoms with E-state index in [1.165, 1.54) is 12.1 Å². The number of benzene rings is 1. The largest absolute Gasteiger partial charge is 0.396 e. The number of sulfonamides is 1. The average molecular weight is 340 g/mol. The van der Waals surface area contributed by atoms with Gasteiger partial charge in [0.1, 0.15) is 4.90 Å². The molecule has 5 nitrogen and oxygen atoms in total. The lowest BCUT2D eigenvalue weighted by molar-refractivity contribution is 0.199. The maximum absolute atomic E-state index is 12.3. The summed E-state index contributed by atoms with van der Waals surface area (Å²) in [6.45, 7) is 4.09. The molecule has 0 aliphatic heterocycles. The quantitative estimate of drug-likeness (QED) is 0.806. The summed E-state index contributed by atoms with van der Waals surface area (Å²) in [5, 5.41) is 0.162. The minimum absolute atomic E-state index is 0.0584. The van der Waals surface area contributed by atoms with Crippen molar-refractivity contribution in [1.29, 1.82) is 0 Å². The van der Waals surface area contributed by atoms with Crippen LogP contribution in [-0.4, -0.2) is 39.5 Å². The van der Waals surface area contributed by atoms with E-state index in [0.717, 1.165) is 0 Å². The number of rotatable bonds is 5. The Hall–Kier alpha value is -0.530. The van der Waals surface area contributed by atoms with E-state index in [1.54, 1.807) is 0 Å². The third-order valence-electron chi connectivity index (χ3n) is 3.29. The second-order valence-electron chi connectivity index (χ2n) is 5.30.